The second-order valence-electron chi connectivity index (χ2n) is 3.34. The molecule has 0 aliphatic carbocycles. The predicted molar refractivity (Wildman–Crippen MR) is 62.3 cm³/mol. The van der Waals surface area contributed by atoms with Crippen LogP contribution in [0.3, 0.4) is 0 Å². The Labute approximate surface area is 96.4 Å². The SMILES string of the molecule is Cc1cc(Br)ccc1-c1cc(CN)on1. The number of hydrogen-bond donors (Lipinski definition) is 1. The Morgan fingerprint density at radius 1 is 1.40 bits per heavy atom. The number of benzene rings is 1. The van der Waals surface area contributed by atoms with Crippen LogP contribution in [-0.2, 0) is 6.54 Å². The summed E-state index contributed by atoms with van der Waals surface area (Å²) in [6, 6.07) is 7.92. The predicted octanol–water partition coefficient (Wildman–Crippen LogP) is 2.87. The first-order valence-corrected chi connectivity index (χ1v) is 5.42. The standard InChI is InChI=1S/C11H11BrN2O/c1-7-4-8(12)2-3-10(7)11-5-9(6-13)15-14-11/h2-5H,6,13H2,1H3. The molecule has 2 rings (SSSR count). The Bertz CT molecular complexity index is 479. The number of hydrogen-bond acceptors (Lipinski definition) is 3. The lowest BCUT2D eigenvalue weighted by atomic mass is 10.1. The molecule has 0 amide bonds. The highest BCUT2D eigenvalue weighted by molar-refractivity contribution is 9.10. The maximum atomic E-state index is 5.46. The van der Waals surface area contributed by atoms with Gasteiger partial charge in [0, 0.05) is 16.1 Å². The van der Waals surface area contributed by atoms with E-state index in [1.54, 1.807) is 0 Å². The van der Waals surface area contributed by atoms with Gasteiger partial charge < -0.3 is 10.3 Å². The van der Waals surface area contributed by atoms with Crippen molar-refractivity contribution in [2.45, 2.75) is 13.5 Å². The quantitative estimate of drug-likeness (QED) is 0.910. The monoisotopic (exact) mass is 266 g/mol. The molecule has 0 atom stereocenters. The lowest BCUT2D eigenvalue weighted by molar-refractivity contribution is 0.387. The van der Waals surface area contributed by atoms with Crippen molar-refractivity contribution >= 4 is 15.9 Å². The number of nitrogens with zero attached hydrogens (tertiary/aromatic N) is 1. The third kappa shape index (κ3) is 2.11. The van der Waals surface area contributed by atoms with E-state index in [4.69, 9.17) is 10.3 Å². The lowest BCUT2D eigenvalue weighted by Crippen LogP contribution is -1.92. The summed E-state index contributed by atoms with van der Waals surface area (Å²) >= 11 is 3.42. The Morgan fingerprint density at radius 3 is 2.80 bits per heavy atom. The van der Waals surface area contributed by atoms with Gasteiger partial charge in [-0.25, -0.2) is 0 Å². The number of halogens is 1. The summed E-state index contributed by atoms with van der Waals surface area (Å²) in [4.78, 5) is 0. The van der Waals surface area contributed by atoms with Crippen molar-refractivity contribution in [2.24, 2.45) is 5.73 Å². The summed E-state index contributed by atoms with van der Waals surface area (Å²) < 4.78 is 6.13. The zero-order chi connectivity index (χ0) is 10.8. The topological polar surface area (TPSA) is 52.0 Å². The maximum Gasteiger partial charge on any atom is 0.150 e. The minimum Gasteiger partial charge on any atom is -0.359 e. The molecule has 1 heterocycles. The van der Waals surface area contributed by atoms with Crippen molar-refractivity contribution in [2.75, 3.05) is 0 Å². The van der Waals surface area contributed by atoms with Gasteiger partial charge in [0.05, 0.1) is 6.54 Å². The number of aromatic nitrogens is 1. The van der Waals surface area contributed by atoms with E-state index in [2.05, 4.69) is 21.1 Å². The molecule has 0 aliphatic heterocycles. The van der Waals surface area contributed by atoms with E-state index < -0.39 is 0 Å². The molecule has 0 saturated carbocycles. The molecule has 2 N–H and O–H groups in total. The fourth-order valence-electron chi connectivity index (χ4n) is 1.45. The van der Waals surface area contributed by atoms with E-state index in [0.717, 1.165) is 21.3 Å². The van der Waals surface area contributed by atoms with Crippen molar-refractivity contribution in [3.8, 4) is 11.3 Å². The fourth-order valence-corrected chi connectivity index (χ4v) is 1.93. The van der Waals surface area contributed by atoms with Gasteiger partial charge in [-0.15, -0.1) is 0 Å². The van der Waals surface area contributed by atoms with Crippen LogP contribution in [0.15, 0.2) is 33.3 Å². The average molecular weight is 267 g/mol. The minimum atomic E-state index is 0.378. The lowest BCUT2D eigenvalue weighted by Gasteiger charge is -2.01. The van der Waals surface area contributed by atoms with E-state index >= 15 is 0 Å². The first-order chi connectivity index (χ1) is 7.20. The second-order valence-corrected chi connectivity index (χ2v) is 4.26. The molecule has 0 bridgehead atoms. The molecule has 15 heavy (non-hydrogen) atoms. The van der Waals surface area contributed by atoms with Crippen LogP contribution >= 0.6 is 15.9 Å². The molecule has 2 aromatic rings. The van der Waals surface area contributed by atoms with Crippen LogP contribution in [0.25, 0.3) is 11.3 Å². The molecule has 0 spiro atoms. The van der Waals surface area contributed by atoms with Gasteiger partial charge in [0.2, 0.25) is 0 Å². The third-order valence-corrected chi connectivity index (χ3v) is 2.72. The van der Waals surface area contributed by atoms with E-state index in [0.29, 0.717) is 12.3 Å². The van der Waals surface area contributed by atoms with Crippen LogP contribution in [-0.4, -0.2) is 5.16 Å². The fraction of sp³-hybridized carbons (Fsp3) is 0.182. The zero-order valence-electron chi connectivity index (χ0n) is 8.33. The minimum absolute atomic E-state index is 0.378. The molecule has 0 fully saturated rings. The molecule has 78 valence electrons. The van der Waals surface area contributed by atoms with Gasteiger partial charge in [-0.2, -0.15) is 0 Å². The molecule has 0 aliphatic rings. The average Bonchev–Trinajstić information content (AvgIpc) is 2.66. The van der Waals surface area contributed by atoms with Crippen molar-refractivity contribution in [1.29, 1.82) is 0 Å². The van der Waals surface area contributed by atoms with Gasteiger partial charge in [0.25, 0.3) is 0 Å². The number of rotatable bonds is 2. The summed E-state index contributed by atoms with van der Waals surface area (Å²) in [6.45, 7) is 2.42. The van der Waals surface area contributed by atoms with Crippen LogP contribution < -0.4 is 5.73 Å². The Kier molecular flexibility index (Phi) is 2.88. The zero-order valence-corrected chi connectivity index (χ0v) is 9.91. The summed E-state index contributed by atoms with van der Waals surface area (Å²) in [5, 5.41) is 3.98. The second kappa shape index (κ2) is 4.16. The summed E-state index contributed by atoms with van der Waals surface area (Å²) in [7, 11) is 0. The molecular formula is C11H11BrN2O. The smallest absolute Gasteiger partial charge is 0.150 e. The first-order valence-electron chi connectivity index (χ1n) is 4.63. The molecule has 0 unspecified atom stereocenters. The van der Waals surface area contributed by atoms with E-state index in [-0.39, 0.29) is 0 Å². The van der Waals surface area contributed by atoms with Crippen LogP contribution in [0.5, 0.6) is 0 Å². The Balaban J connectivity index is 2.44. The van der Waals surface area contributed by atoms with E-state index in [1.165, 1.54) is 0 Å². The molecular weight excluding hydrogens is 256 g/mol. The third-order valence-electron chi connectivity index (χ3n) is 2.22. The van der Waals surface area contributed by atoms with Gasteiger partial charge >= 0.3 is 0 Å². The maximum absolute atomic E-state index is 5.46. The summed E-state index contributed by atoms with van der Waals surface area (Å²) in [5.41, 5.74) is 8.52. The first kappa shape index (κ1) is 10.4. The van der Waals surface area contributed by atoms with E-state index in [1.807, 2.05) is 31.2 Å². The van der Waals surface area contributed by atoms with Crippen LogP contribution in [0.1, 0.15) is 11.3 Å². The van der Waals surface area contributed by atoms with Gasteiger partial charge in [-0.05, 0) is 24.6 Å². The Morgan fingerprint density at radius 2 is 2.20 bits per heavy atom. The molecule has 0 saturated heterocycles. The van der Waals surface area contributed by atoms with Crippen molar-refractivity contribution in [1.82, 2.24) is 5.16 Å². The highest BCUT2D eigenvalue weighted by Crippen LogP contribution is 2.25. The van der Waals surface area contributed by atoms with Gasteiger partial charge in [0.1, 0.15) is 5.69 Å². The van der Waals surface area contributed by atoms with Crippen molar-refractivity contribution in [3.05, 3.63) is 40.1 Å². The van der Waals surface area contributed by atoms with Gasteiger partial charge in [-0.1, -0.05) is 27.2 Å². The molecule has 4 heteroatoms. The highest BCUT2D eigenvalue weighted by atomic mass is 79.9. The molecule has 1 aromatic carbocycles. The summed E-state index contributed by atoms with van der Waals surface area (Å²) in [6.07, 6.45) is 0. The Hall–Kier alpha value is -1.13. The highest BCUT2D eigenvalue weighted by Gasteiger charge is 2.07. The molecule has 0 radical (unpaired) electrons. The van der Waals surface area contributed by atoms with Gasteiger partial charge in [0.15, 0.2) is 5.76 Å². The van der Waals surface area contributed by atoms with Crippen LogP contribution in [0, 0.1) is 6.92 Å². The molecule has 1 aromatic heterocycles. The van der Waals surface area contributed by atoms with Crippen LogP contribution in [0.4, 0.5) is 0 Å². The van der Waals surface area contributed by atoms with Gasteiger partial charge in [-0.3, -0.25) is 0 Å². The van der Waals surface area contributed by atoms with Crippen LogP contribution in [0.2, 0.25) is 0 Å². The van der Waals surface area contributed by atoms with E-state index in [9.17, 15) is 0 Å². The molecule has 3 nitrogen and oxygen atoms in total. The normalized spacial score (nSPS) is 10.6. The summed E-state index contributed by atoms with van der Waals surface area (Å²) in [5.74, 6) is 0.701. The number of aryl methyl sites for hydroxylation is 1. The number of nitrogens with two attached hydrogens (primary N) is 1. The van der Waals surface area contributed by atoms with Crippen molar-refractivity contribution < 1.29 is 4.52 Å². The van der Waals surface area contributed by atoms with Crippen molar-refractivity contribution in [3.63, 3.8) is 0 Å². The largest absolute Gasteiger partial charge is 0.359 e.